The molecule has 2 aliphatic heterocycles. The van der Waals surface area contributed by atoms with E-state index in [0.29, 0.717) is 12.5 Å². The number of carbonyl (C=O) groups is 1. The lowest BCUT2D eigenvalue weighted by Crippen LogP contribution is -2.46. The highest BCUT2D eigenvalue weighted by Crippen LogP contribution is 2.33. The Kier molecular flexibility index (Phi) is 5.84. The summed E-state index contributed by atoms with van der Waals surface area (Å²) < 4.78 is 0. The van der Waals surface area contributed by atoms with Gasteiger partial charge in [-0.2, -0.15) is 0 Å². The van der Waals surface area contributed by atoms with Gasteiger partial charge in [-0.05, 0) is 30.0 Å². The molecule has 0 bridgehead atoms. The topological polar surface area (TPSA) is 49.3 Å². The predicted molar refractivity (Wildman–Crippen MR) is 139 cm³/mol. The monoisotopic (exact) mass is 460 g/mol. The number of hydrogen-bond donors (Lipinski definition) is 0. The zero-order valence-electron chi connectivity index (χ0n) is 19.7. The van der Waals surface area contributed by atoms with Crippen molar-refractivity contribution in [2.45, 2.75) is 31.8 Å². The van der Waals surface area contributed by atoms with Gasteiger partial charge in [0.25, 0.3) is 0 Å². The lowest BCUT2D eigenvalue weighted by molar-refractivity contribution is -0.118. The van der Waals surface area contributed by atoms with Gasteiger partial charge >= 0.3 is 0 Å². The van der Waals surface area contributed by atoms with Crippen molar-refractivity contribution in [2.75, 3.05) is 18.0 Å². The molecule has 1 amide bonds. The third kappa shape index (κ3) is 4.35. The number of anilines is 1. The largest absolute Gasteiger partial charge is 0.309 e. The van der Waals surface area contributed by atoms with Crippen molar-refractivity contribution in [3.63, 3.8) is 0 Å². The Morgan fingerprint density at radius 1 is 0.743 bits per heavy atom. The second kappa shape index (κ2) is 9.43. The highest BCUT2D eigenvalue weighted by molar-refractivity contribution is 6.01. The van der Waals surface area contributed by atoms with Gasteiger partial charge in [0, 0.05) is 54.9 Å². The molecule has 0 saturated carbocycles. The lowest BCUT2D eigenvalue weighted by atomic mass is 10.0. The van der Waals surface area contributed by atoms with E-state index in [2.05, 4.69) is 68.3 Å². The first-order valence-electron chi connectivity index (χ1n) is 12.3. The SMILES string of the molecule is O=C1Cc2ccccc2N1C1CCN(Cc2ccc(-c3nccnc3-c3ccccc3)cc2)CC1. The summed E-state index contributed by atoms with van der Waals surface area (Å²) in [6.07, 6.45) is 6.07. The molecular formula is C30H28N4O. The molecule has 2 aliphatic rings. The van der Waals surface area contributed by atoms with E-state index in [9.17, 15) is 4.79 Å². The minimum absolute atomic E-state index is 0.249. The predicted octanol–water partition coefficient (Wildman–Crippen LogP) is 5.36. The van der Waals surface area contributed by atoms with Crippen LogP contribution in [0.4, 0.5) is 5.69 Å². The van der Waals surface area contributed by atoms with E-state index in [1.807, 2.05) is 30.3 Å². The fourth-order valence-electron chi connectivity index (χ4n) is 5.40. The summed E-state index contributed by atoms with van der Waals surface area (Å²) in [5.41, 5.74) is 7.53. The number of fused-ring (bicyclic) bond motifs is 1. The number of rotatable bonds is 5. The van der Waals surface area contributed by atoms with Crippen LogP contribution in [0.15, 0.2) is 91.3 Å². The Labute approximate surface area is 206 Å². The molecule has 1 saturated heterocycles. The fraction of sp³-hybridized carbons (Fsp3) is 0.233. The number of likely N-dealkylation sites (tertiary alicyclic amines) is 1. The molecule has 35 heavy (non-hydrogen) atoms. The van der Waals surface area contributed by atoms with Crippen LogP contribution in [0.2, 0.25) is 0 Å². The summed E-state index contributed by atoms with van der Waals surface area (Å²) in [6, 6.07) is 27.4. The highest BCUT2D eigenvalue weighted by Gasteiger charge is 2.34. The molecule has 174 valence electrons. The van der Waals surface area contributed by atoms with Gasteiger partial charge in [0.1, 0.15) is 0 Å². The minimum Gasteiger partial charge on any atom is -0.309 e. The number of aromatic nitrogens is 2. The standard InChI is InChI=1S/C30H28N4O/c35-28-20-25-8-4-5-9-27(25)34(28)26-14-18-33(19-15-26)21-22-10-12-24(13-11-22)30-29(31-16-17-32-30)23-6-2-1-3-7-23/h1-13,16-17,26H,14-15,18-21H2. The maximum atomic E-state index is 12.7. The van der Waals surface area contributed by atoms with Crippen LogP contribution < -0.4 is 4.90 Å². The van der Waals surface area contributed by atoms with Crippen molar-refractivity contribution in [1.82, 2.24) is 14.9 Å². The molecule has 5 nitrogen and oxygen atoms in total. The van der Waals surface area contributed by atoms with Gasteiger partial charge in [-0.25, -0.2) is 0 Å². The second-order valence-corrected chi connectivity index (χ2v) is 9.39. The smallest absolute Gasteiger partial charge is 0.231 e. The Morgan fingerprint density at radius 2 is 1.37 bits per heavy atom. The maximum Gasteiger partial charge on any atom is 0.231 e. The summed E-state index contributed by atoms with van der Waals surface area (Å²) in [7, 11) is 0. The van der Waals surface area contributed by atoms with Crippen LogP contribution in [-0.4, -0.2) is 39.9 Å². The lowest BCUT2D eigenvalue weighted by Gasteiger charge is -2.37. The molecule has 1 fully saturated rings. The molecule has 0 radical (unpaired) electrons. The average Bonchev–Trinajstić information content (AvgIpc) is 3.26. The Bertz CT molecular complexity index is 1330. The van der Waals surface area contributed by atoms with Crippen molar-refractivity contribution in [1.29, 1.82) is 0 Å². The molecule has 0 aliphatic carbocycles. The Balaban J connectivity index is 1.11. The highest BCUT2D eigenvalue weighted by atomic mass is 16.2. The molecule has 1 aromatic heterocycles. The molecule has 3 aromatic carbocycles. The fourth-order valence-corrected chi connectivity index (χ4v) is 5.40. The van der Waals surface area contributed by atoms with Crippen LogP contribution in [0, 0.1) is 0 Å². The van der Waals surface area contributed by atoms with E-state index in [-0.39, 0.29) is 5.91 Å². The number of benzene rings is 3. The third-order valence-corrected chi connectivity index (χ3v) is 7.16. The van der Waals surface area contributed by atoms with Crippen LogP contribution in [-0.2, 0) is 17.8 Å². The van der Waals surface area contributed by atoms with Crippen molar-refractivity contribution >= 4 is 11.6 Å². The van der Waals surface area contributed by atoms with E-state index in [1.54, 1.807) is 12.4 Å². The number of piperidine rings is 1. The van der Waals surface area contributed by atoms with Crippen molar-refractivity contribution in [3.05, 3.63) is 102 Å². The number of hydrogen-bond acceptors (Lipinski definition) is 4. The van der Waals surface area contributed by atoms with E-state index in [4.69, 9.17) is 0 Å². The first-order valence-corrected chi connectivity index (χ1v) is 12.3. The molecule has 6 rings (SSSR count). The van der Waals surface area contributed by atoms with Gasteiger partial charge in [0.05, 0.1) is 17.8 Å². The third-order valence-electron chi connectivity index (χ3n) is 7.16. The van der Waals surface area contributed by atoms with E-state index < -0.39 is 0 Å². The second-order valence-electron chi connectivity index (χ2n) is 9.39. The summed E-state index contributed by atoms with van der Waals surface area (Å²) in [4.78, 5) is 26.5. The van der Waals surface area contributed by atoms with Gasteiger partial charge in [-0.1, -0.05) is 72.8 Å². The first kappa shape index (κ1) is 21.7. The molecule has 0 atom stereocenters. The van der Waals surface area contributed by atoms with Crippen LogP contribution in [0.25, 0.3) is 22.5 Å². The zero-order chi connectivity index (χ0) is 23.6. The first-order chi connectivity index (χ1) is 17.3. The number of amides is 1. The zero-order valence-corrected chi connectivity index (χ0v) is 19.7. The quantitative estimate of drug-likeness (QED) is 0.402. The maximum absolute atomic E-state index is 12.7. The van der Waals surface area contributed by atoms with Crippen molar-refractivity contribution < 1.29 is 4.79 Å². The summed E-state index contributed by atoms with van der Waals surface area (Å²) in [5, 5.41) is 0. The Morgan fingerprint density at radius 3 is 2.09 bits per heavy atom. The van der Waals surface area contributed by atoms with Crippen LogP contribution in [0.1, 0.15) is 24.0 Å². The number of nitrogens with zero attached hydrogens (tertiary/aromatic N) is 4. The Hall–Kier alpha value is -3.83. The molecule has 4 aromatic rings. The minimum atomic E-state index is 0.249. The molecule has 5 heteroatoms. The van der Waals surface area contributed by atoms with Crippen molar-refractivity contribution in [3.8, 4) is 22.5 Å². The molecule has 0 unspecified atom stereocenters. The van der Waals surface area contributed by atoms with Gasteiger partial charge in [-0.3, -0.25) is 19.7 Å². The van der Waals surface area contributed by atoms with Crippen molar-refractivity contribution in [2.24, 2.45) is 0 Å². The van der Waals surface area contributed by atoms with Gasteiger partial charge in [0.15, 0.2) is 0 Å². The molecule has 3 heterocycles. The number of carbonyl (C=O) groups excluding carboxylic acids is 1. The number of para-hydroxylation sites is 1. The van der Waals surface area contributed by atoms with Crippen LogP contribution in [0.5, 0.6) is 0 Å². The van der Waals surface area contributed by atoms with Gasteiger partial charge < -0.3 is 4.90 Å². The summed E-state index contributed by atoms with van der Waals surface area (Å²) >= 11 is 0. The van der Waals surface area contributed by atoms with Gasteiger partial charge in [-0.15, -0.1) is 0 Å². The van der Waals surface area contributed by atoms with Crippen LogP contribution in [0.3, 0.4) is 0 Å². The summed E-state index contributed by atoms with van der Waals surface area (Å²) in [5.74, 6) is 0.249. The molecule has 0 N–H and O–H groups in total. The van der Waals surface area contributed by atoms with Gasteiger partial charge in [0.2, 0.25) is 5.91 Å². The molecular weight excluding hydrogens is 432 g/mol. The van der Waals surface area contributed by atoms with E-state index in [1.165, 1.54) is 11.1 Å². The van der Waals surface area contributed by atoms with Crippen LogP contribution >= 0.6 is 0 Å². The van der Waals surface area contributed by atoms with E-state index in [0.717, 1.165) is 60.7 Å². The molecule has 0 spiro atoms. The summed E-state index contributed by atoms with van der Waals surface area (Å²) in [6.45, 7) is 2.92. The van der Waals surface area contributed by atoms with E-state index >= 15 is 0 Å². The average molecular weight is 461 g/mol. The normalized spacial score (nSPS) is 16.5.